The topological polar surface area (TPSA) is 55.4 Å². The minimum absolute atomic E-state index is 0.116. The molecule has 4 rings (SSSR count). The number of thiophene rings is 2. The molecule has 146 valence electrons. The molecule has 2 aliphatic rings. The molecule has 2 atom stereocenters. The maximum Gasteiger partial charge on any atom is 0.337 e. The number of rotatable bonds is 4. The summed E-state index contributed by atoms with van der Waals surface area (Å²) in [6.07, 6.45) is 1.05. The zero-order chi connectivity index (χ0) is 19.8. The second-order valence-corrected chi connectivity index (χ2v) is 9.30. The fourth-order valence-corrected chi connectivity index (χ4v) is 5.60. The molecule has 0 bridgehead atoms. The smallest absolute Gasteiger partial charge is 0.337 e. The van der Waals surface area contributed by atoms with Crippen molar-refractivity contribution in [2.24, 2.45) is 0 Å². The van der Waals surface area contributed by atoms with Crippen LogP contribution in [0.3, 0.4) is 0 Å². The summed E-state index contributed by atoms with van der Waals surface area (Å²) in [6.45, 7) is 5.58. The number of ether oxygens (including phenoxy) is 1. The van der Waals surface area contributed by atoms with Crippen molar-refractivity contribution >= 4 is 34.4 Å². The lowest BCUT2D eigenvalue weighted by Gasteiger charge is -2.36. The van der Waals surface area contributed by atoms with E-state index >= 15 is 0 Å². The van der Waals surface area contributed by atoms with Crippen LogP contribution in [0.15, 0.2) is 56.9 Å². The number of allylic oxidation sites excluding steroid dienone is 3. The zero-order valence-corrected chi connectivity index (χ0v) is 17.8. The van der Waals surface area contributed by atoms with Gasteiger partial charge >= 0.3 is 5.97 Å². The van der Waals surface area contributed by atoms with E-state index in [1.54, 1.807) is 22.7 Å². The van der Waals surface area contributed by atoms with E-state index in [1.165, 1.54) is 4.88 Å². The predicted molar refractivity (Wildman–Crippen MR) is 112 cm³/mol. The summed E-state index contributed by atoms with van der Waals surface area (Å²) in [7, 11) is 0. The first-order chi connectivity index (χ1) is 13.5. The zero-order valence-electron chi connectivity index (χ0n) is 16.2. The number of hydrogen-bond donors (Lipinski definition) is 1. The lowest BCUT2D eigenvalue weighted by Crippen LogP contribution is -2.36. The molecule has 0 radical (unpaired) electrons. The van der Waals surface area contributed by atoms with Gasteiger partial charge in [0.05, 0.1) is 11.7 Å². The fourth-order valence-electron chi connectivity index (χ4n) is 4.08. The van der Waals surface area contributed by atoms with Gasteiger partial charge in [-0.15, -0.1) is 11.3 Å². The molecule has 0 fully saturated rings. The Bertz CT molecular complexity index is 952. The molecule has 2 aromatic rings. The normalized spacial score (nSPS) is 22.4. The molecule has 0 amide bonds. The van der Waals surface area contributed by atoms with Gasteiger partial charge in [-0.25, -0.2) is 4.79 Å². The molecular formula is C22H23NO3S2. The molecule has 1 aliphatic heterocycles. The number of Topliss-reactive ketones (excluding diaryl/α,β-unsaturated/α-hetero) is 1. The molecule has 3 heterocycles. The highest BCUT2D eigenvalue weighted by molar-refractivity contribution is 7.10. The van der Waals surface area contributed by atoms with Crippen LogP contribution in [0.4, 0.5) is 0 Å². The lowest BCUT2D eigenvalue weighted by atomic mass is 9.73. The molecule has 0 spiro atoms. The number of hydrogen-bond acceptors (Lipinski definition) is 6. The van der Waals surface area contributed by atoms with Gasteiger partial charge in [0, 0.05) is 40.1 Å². The van der Waals surface area contributed by atoms with Crippen molar-refractivity contribution < 1.29 is 14.3 Å². The molecule has 0 saturated carbocycles. The van der Waals surface area contributed by atoms with Crippen molar-refractivity contribution in [3.63, 3.8) is 0 Å². The SMILES string of the molecule is CC1=C(C(=O)OC(C)C)[C@@H](c2ccsc2)C2=C(C[C@H](c3cccs3)CC2=O)N1. The van der Waals surface area contributed by atoms with Crippen LogP contribution in [-0.2, 0) is 14.3 Å². The van der Waals surface area contributed by atoms with Gasteiger partial charge in [-0.1, -0.05) is 6.07 Å². The van der Waals surface area contributed by atoms with Crippen LogP contribution in [0.25, 0.3) is 0 Å². The van der Waals surface area contributed by atoms with E-state index in [1.807, 2.05) is 43.7 Å². The van der Waals surface area contributed by atoms with Gasteiger partial charge in [0.2, 0.25) is 0 Å². The third-order valence-corrected chi connectivity index (χ3v) is 6.95. The molecule has 28 heavy (non-hydrogen) atoms. The Balaban J connectivity index is 1.77. The highest BCUT2D eigenvalue weighted by Gasteiger charge is 2.41. The highest BCUT2D eigenvalue weighted by atomic mass is 32.1. The average molecular weight is 414 g/mol. The summed E-state index contributed by atoms with van der Waals surface area (Å²) in [5, 5.41) is 9.44. The molecule has 0 unspecified atom stereocenters. The largest absolute Gasteiger partial charge is 0.460 e. The number of dihydropyridines is 1. The number of esters is 1. The van der Waals surface area contributed by atoms with E-state index in [0.717, 1.165) is 29.0 Å². The number of carbonyl (C=O) groups excluding carboxylic acids is 2. The second-order valence-electron chi connectivity index (χ2n) is 7.54. The fraction of sp³-hybridized carbons (Fsp3) is 0.364. The monoisotopic (exact) mass is 413 g/mol. The van der Waals surface area contributed by atoms with E-state index in [9.17, 15) is 9.59 Å². The van der Waals surface area contributed by atoms with Gasteiger partial charge in [-0.2, -0.15) is 11.3 Å². The van der Waals surface area contributed by atoms with Crippen LogP contribution in [-0.4, -0.2) is 17.9 Å². The van der Waals surface area contributed by atoms with Crippen LogP contribution in [0.1, 0.15) is 55.9 Å². The van der Waals surface area contributed by atoms with E-state index in [0.29, 0.717) is 12.0 Å². The van der Waals surface area contributed by atoms with Crippen LogP contribution in [0, 0.1) is 0 Å². The average Bonchev–Trinajstić information content (AvgIpc) is 3.33. The first kappa shape index (κ1) is 19.2. The first-order valence-electron chi connectivity index (χ1n) is 9.46. The Morgan fingerprint density at radius 2 is 2.07 bits per heavy atom. The van der Waals surface area contributed by atoms with Gasteiger partial charge in [0.15, 0.2) is 5.78 Å². The van der Waals surface area contributed by atoms with Gasteiger partial charge in [0.1, 0.15) is 0 Å². The van der Waals surface area contributed by atoms with Crippen LogP contribution >= 0.6 is 22.7 Å². The van der Waals surface area contributed by atoms with E-state index < -0.39 is 0 Å². The standard InChI is InChI=1S/C22H23NO3S2/c1-12(2)26-22(25)19-13(3)23-16-9-15(18-5-4-7-28-18)10-17(24)21(16)20(19)14-6-8-27-11-14/h4-8,11-12,15,20,23H,9-10H2,1-3H3/t15-,20+/m0/s1. The number of ketones is 1. The maximum absolute atomic E-state index is 13.3. The van der Waals surface area contributed by atoms with Crippen molar-refractivity contribution in [2.45, 2.75) is 51.6 Å². The summed E-state index contributed by atoms with van der Waals surface area (Å²) in [5.74, 6) is -0.397. The number of nitrogens with one attached hydrogen (secondary N) is 1. The van der Waals surface area contributed by atoms with Crippen LogP contribution < -0.4 is 5.32 Å². The van der Waals surface area contributed by atoms with Gasteiger partial charge in [-0.3, -0.25) is 4.79 Å². The van der Waals surface area contributed by atoms with Crippen LogP contribution in [0.5, 0.6) is 0 Å². The summed E-state index contributed by atoms with van der Waals surface area (Å²) < 4.78 is 5.52. The second kappa shape index (κ2) is 7.68. The molecular weight excluding hydrogens is 390 g/mol. The summed E-state index contributed by atoms with van der Waals surface area (Å²) in [4.78, 5) is 27.4. The molecule has 0 saturated heterocycles. The van der Waals surface area contributed by atoms with Gasteiger partial charge in [-0.05, 0) is 61.0 Å². The third kappa shape index (κ3) is 3.47. The Hall–Kier alpha value is -2.18. The van der Waals surface area contributed by atoms with E-state index in [-0.39, 0.29) is 29.7 Å². The summed E-state index contributed by atoms with van der Waals surface area (Å²) >= 11 is 3.27. The summed E-state index contributed by atoms with van der Waals surface area (Å²) in [6, 6.07) is 6.13. The molecule has 1 aliphatic carbocycles. The van der Waals surface area contributed by atoms with Gasteiger partial charge < -0.3 is 10.1 Å². The van der Waals surface area contributed by atoms with Gasteiger partial charge in [0.25, 0.3) is 0 Å². The highest BCUT2D eigenvalue weighted by Crippen LogP contribution is 2.46. The van der Waals surface area contributed by atoms with Crippen molar-refractivity contribution in [2.75, 3.05) is 0 Å². The summed E-state index contributed by atoms with van der Waals surface area (Å²) in [5.41, 5.74) is 3.99. The minimum Gasteiger partial charge on any atom is -0.460 e. The predicted octanol–water partition coefficient (Wildman–Crippen LogP) is 5.12. The van der Waals surface area contributed by atoms with Crippen molar-refractivity contribution in [1.82, 2.24) is 5.32 Å². The molecule has 6 heteroatoms. The first-order valence-corrected chi connectivity index (χ1v) is 11.3. The maximum atomic E-state index is 13.3. The number of carbonyl (C=O) groups is 2. The van der Waals surface area contributed by atoms with Crippen LogP contribution in [0.2, 0.25) is 0 Å². The Kier molecular flexibility index (Phi) is 5.25. The molecule has 2 aromatic heterocycles. The third-order valence-electron chi connectivity index (χ3n) is 5.21. The quantitative estimate of drug-likeness (QED) is 0.707. The molecule has 0 aromatic carbocycles. The Morgan fingerprint density at radius 3 is 2.71 bits per heavy atom. The molecule has 4 nitrogen and oxygen atoms in total. The lowest BCUT2D eigenvalue weighted by molar-refractivity contribution is -0.143. The van der Waals surface area contributed by atoms with E-state index in [4.69, 9.17) is 4.74 Å². The van der Waals surface area contributed by atoms with E-state index in [2.05, 4.69) is 16.8 Å². The Labute approximate surface area is 172 Å². The van der Waals surface area contributed by atoms with Crippen molar-refractivity contribution in [3.8, 4) is 0 Å². The minimum atomic E-state index is -0.356. The van der Waals surface area contributed by atoms with Crippen molar-refractivity contribution in [1.29, 1.82) is 0 Å². The Morgan fingerprint density at radius 1 is 1.25 bits per heavy atom. The van der Waals surface area contributed by atoms with Crippen molar-refractivity contribution in [3.05, 3.63) is 67.3 Å². The molecule has 1 N–H and O–H groups in total.